The first kappa shape index (κ1) is 19.2. The predicted molar refractivity (Wildman–Crippen MR) is 93.2 cm³/mol. The van der Waals surface area contributed by atoms with E-state index in [1.54, 1.807) is 37.3 Å². The summed E-state index contributed by atoms with van der Waals surface area (Å²) in [6.07, 6.45) is 1.51. The van der Waals surface area contributed by atoms with E-state index in [1.807, 2.05) is 6.92 Å². The molecule has 4 amide bonds. The van der Waals surface area contributed by atoms with Crippen molar-refractivity contribution in [1.29, 1.82) is 0 Å². The minimum absolute atomic E-state index is 0.0156. The number of amides is 4. The number of imide groups is 2. The summed E-state index contributed by atoms with van der Waals surface area (Å²) in [5, 5.41) is 0.568. The molecule has 0 unspecified atom stereocenters. The van der Waals surface area contributed by atoms with Crippen LogP contribution in [0.4, 0.5) is 4.79 Å². The third-order valence-corrected chi connectivity index (χ3v) is 4.17. The van der Waals surface area contributed by atoms with Gasteiger partial charge in [-0.3, -0.25) is 19.4 Å². The van der Waals surface area contributed by atoms with E-state index in [-0.39, 0.29) is 13.2 Å². The Morgan fingerprint density at radius 3 is 2.48 bits per heavy atom. The molecule has 1 aromatic carbocycles. The van der Waals surface area contributed by atoms with Gasteiger partial charge in [0.25, 0.3) is 0 Å². The topological polar surface area (TPSA) is 70.2 Å². The first-order valence-corrected chi connectivity index (χ1v) is 8.45. The van der Waals surface area contributed by atoms with Crippen molar-refractivity contribution < 1.29 is 19.1 Å². The van der Waals surface area contributed by atoms with Crippen LogP contribution in [0.15, 0.2) is 18.2 Å². The molecule has 0 saturated carbocycles. The van der Waals surface area contributed by atoms with Gasteiger partial charge < -0.3 is 4.74 Å². The van der Waals surface area contributed by atoms with Crippen molar-refractivity contribution >= 4 is 29.4 Å². The molecule has 7 nitrogen and oxygen atoms in total. The van der Waals surface area contributed by atoms with Crippen LogP contribution >= 0.6 is 11.6 Å². The van der Waals surface area contributed by atoms with E-state index < -0.39 is 17.8 Å². The van der Waals surface area contributed by atoms with Crippen LogP contribution in [0.25, 0.3) is 0 Å². The molecule has 25 heavy (non-hydrogen) atoms. The van der Waals surface area contributed by atoms with Gasteiger partial charge in [-0.25, -0.2) is 9.69 Å². The zero-order valence-electron chi connectivity index (χ0n) is 14.6. The molecule has 0 atom stereocenters. The number of benzene rings is 1. The number of unbranched alkanes of at least 4 members (excludes halogenated alkanes) is 1. The van der Waals surface area contributed by atoms with E-state index in [9.17, 15) is 14.4 Å². The van der Waals surface area contributed by atoms with Crippen LogP contribution in [-0.2, 0) is 16.1 Å². The number of methoxy groups -OCH3 is 1. The van der Waals surface area contributed by atoms with Gasteiger partial charge in [-0.1, -0.05) is 24.9 Å². The lowest BCUT2D eigenvalue weighted by atomic mass is 10.2. The summed E-state index contributed by atoms with van der Waals surface area (Å²) in [5.74, 6) is -0.880. The van der Waals surface area contributed by atoms with Gasteiger partial charge in [-0.05, 0) is 31.7 Å². The third-order valence-electron chi connectivity index (χ3n) is 3.94. The monoisotopic (exact) mass is 367 g/mol. The molecule has 8 heteroatoms. The van der Waals surface area contributed by atoms with E-state index in [0.717, 1.165) is 21.8 Å². The van der Waals surface area contributed by atoms with Crippen molar-refractivity contribution in [3.8, 4) is 5.75 Å². The van der Waals surface area contributed by atoms with Crippen LogP contribution in [-0.4, -0.2) is 59.9 Å². The van der Waals surface area contributed by atoms with Crippen LogP contribution < -0.4 is 4.74 Å². The molecule has 1 heterocycles. The highest BCUT2D eigenvalue weighted by Crippen LogP contribution is 2.24. The van der Waals surface area contributed by atoms with Gasteiger partial charge in [0.05, 0.1) is 13.8 Å². The summed E-state index contributed by atoms with van der Waals surface area (Å²) in [4.78, 5) is 40.1. The molecule has 1 fully saturated rings. The van der Waals surface area contributed by atoms with Crippen molar-refractivity contribution in [2.24, 2.45) is 0 Å². The van der Waals surface area contributed by atoms with E-state index >= 15 is 0 Å². The normalized spacial score (nSPS) is 14.8. The van der Waals surface area contributed by atoms with E-state index in [4.69, 9.17) is 16.3 Å². The first-order chi connectivity index (χ1) is 11.9. The highest BCUT2D eigenvalue weighted by Gasteiger charge is 2.44. The third kappa shape index (κ3) is 4.29. The molecule has 0 N–H and O–H groups in total. The molecule has 1 aliphatic heterocycles. The fraction of sp³-hybridized carbons (Fsp3) is 0.471. The fourth-order valence-corrected chi connectivity index (χ4v) is 2.84. The summed E-state index contributed by atoms with van der Waals surface area (Å²) < 4.78 is 5.30. The number of rotatable bonds is 8. The van der Waals surface area contributed by atoms with Gasteiger partial charge in [-0.15, -0.1) is 0 Å². The number of hydrogen-bond donors (Lipinski definition) is 0. The van der Waals surface area contributed by atoms with Crippen LogP contribution in [0.2, 0.25) is 5.02 Å². The Kier molecular flexibility index (Phi) is 6.39. The second kappa shape index (κ2) is 8.31. The lowest BCUT2D eigenvalue weighted by Gasteiger charge is -2.23. The molecule has 0 aliphatic carbocycles. The maximum atomic E-state index is 12.3. The van der Waals surface area contributed by atoms with E-state index in [0.29, 0.717) is 23.7 Å². The molecule has 0 aromatic heterocycles. The first-order valence-electron chi connectivity index (χ1n) is 8.07. The summed E-state index contributed by atoms with van der Waals surface area (Å²) >= 11 is 6.02. The average Bonchev–Trinajstić information content (AvgIpc) is 2.77. The molecule has 2 rings (SSSR count). The highest BCUT2D eigenvalue weighted by molar-refractivity contribution is 6.44. The molecular formula is C17H22ClN3O4. The Morgan fingerprint density at radius 2 is 1.84 bits per heavy atom. The van der Waals surface area contributed by atoms with Crippen molar-refractivity contribution in [3.63, 3.8) is 0 Å². The smallest absolute Gasteiger partial charge is 0.335 e. The average molecular weight is 368 g/mol. The number of carbonyl (C=O) groups excluding carboxylic acids is 3. The second-order valence-electron chi connectivity index (χ2n) is 5.94. The SMILES string of the molecule is CCCCN1C(=O)C(=O)N(CN(C)Cc2cc(Cl)ccc2OC)C1=O. The highest BCUT2D eigenvalue weighted by atomic mass is 35.5. The number of ether oxygens (including phenoxy) is 1. The van der Waals surface area contributed by atoms with Crippen molar-refractivity contribution in [1.82, 2.24) is 14.7 Å². The number of halogens is 1. The zero-order chi connectivity index (χ0) is 18.6. The van der Waals surface area contributed by atoms with Gasteiger partial charge in [0.1, 0.15) is 5.75 Å². The molecule has 136 valence electrons. The Balaban J connectivity index is 2.06. The van der Waals surface area contributed by atoms with Gasteiger partial charge in [0.2, 0.25) is 0 Å². The van der Waals surface area contributed by atoms with Crippen molar-refractivity contribution in [2.75, 3.05) is 27.4 Å². The summed E-state index contributed by atoms with van der Waals surface area (Å²) in [6, 6.07) is 4.69. The Labute approximate surface area is 152 Å². The lowest BCUT2D eigenvalue weighted by molar-refractivity contribution is -0.143. The Morgan fingerprint density at radius 1 is 1.16 bits per heavy atom. The summed E-state index contributed by atoms with van der Waals surface area (Å²) in [5.41, 5.74) is 0.825. The maximum absolute atomic E-state index is 12.3. The van der Waals surface area contributed by atoms with Gasteiger partial charge >= 0.3 is 17.8 Å². The quantitative estimate of drug-likeness (QED) is 0.521. The van der Waals surface area contributed by atoms with Crippen molar-refractivity contribution in [3.05, 3.63) is 28.8 Å². The fourth-order valence-electron chi connectivity index (χ4n) is 2.64. The standard InChI is InChI=1S/C17H22ClN3O4/c1-4-5-8-20-15(22)16(23)21(17(20)24)11-19(2)10-12-9-13(18)6-7-14(12)25-3/h6-7,9H,4-5,8,10-11H2,1-3H3. The van der Waals surface area contributed by atoms with Crippen molar-refractivity contribution in [2.45, 2.75) is 26.3 Å². The van der Waals surface area contributed by atoms with Gasteiger partial charge in [0, 0.05) is 23.7 Å². The molecule has 1 saturated heterocycles. The molecular weight excluding hydrogens is 346 g/mol. The lowest BCUT2D eigenvalue weighted by Crippen LogP contribution is -2.40. The molecule has 1 aromatic rings. The zero-order valence-corrected chi connectivity index (χ0v) is 15.4. The minimum Gasteiger partial charge on any atom is -0.496 e. The molecule has 0 bridgehead atoms. The maximum Gasteiger partial charge on any atom is 0.335 e. The number of nitrogens with zero attached hydrogens (tertiary/aromatic N) is 3. The second-order valence-corrected chi connectivity index (χ2v) is 6.37. The van der Waals surface area contributed by atoms with Gasteiger partial charge in [0.15, 0.2) is 0 Å². The van der Waals surface area contributed by atoms with Crippen LogP contribution in [0.5, 0.6) is 5.75 Å². The Hall–Kier alpha value is -2.12. The minimum atomic E-state index is -0.786. The van der Waals surface area contributed by atoms with Gasteiger partial charge in [-0.2, -0.15) is 0 Å². The summed E-state index contributed by atoms with van der Waals surface area (Å²) in [7, 11) is 3.31. The number of hydrogen-bond acceptors (Lipinski definition) is 5. The number of carbonyl (C=O) groups is 3. The van der Waals surface area contributed by atoms with Crippen LogP contribution in [0, 0.1) is 0 Å². The van der Waals surface area contributed by atoms with E-state index in [2.05, 4.69) is 0 Å². The van der Waals surface area contributed by atoms with E-state index in [1.165, 1.54) is 0 Å². The van der Waals surface area contributed by atoms with Crippen LogP contribution in [0.1, 0.15) is 25.3 Å². The Bertz CT molecular complexity index is 680. The number of urea groups is 1. The molecule has 0 spiro atoms. The predicted octanol–water partition coefficient (Wildman–Crippen LogP) is 2.33. The molecule has 0 radical (unpaired) electrons. The summed E-state index contributed by atoms with van der Waals surface area (Å²) in [6.45, 7) is 2.64. The largest absolute Gasteiger partial charge is 0.496 e. The van der Waals surface area contributed by atoms with Crippen LogP contribution in [0.3, 0.4) is 0 Å². The molecule has 1 aliphatic rings.